The predicted octanol–water partition coefficient (Wildman–Crippen LogP) is 3.39. The second-order valence-electron chi connectivity index (χ2n) is 7.42. The SMILES string of the molecule is CN(C)Cc1ccc(C(NC(=O)C(C)(C)C)c2ccncc2)cc1. The highest BCUT2D eigenvalue weighted by atomic mass is 16.2. The summed E-state index contributed by atoms with van der Waals surface area (Å²) in [7, 11) is 4.11. The van der Waals surface area contributed by atoms with Crippen LogP contribution in [0.2, 0.25) is 0 Å². The van der Waals surface area contributed by atoms with Crippen LogP contribution in [-0.2, 0) is 11.3 Å². The van der Waals surface area contributed by atoms with Crippen molar-refractivity contribution in [3.8, 4) is 0 Å². The van der Waals surface area contributed by atoms with Crippen LogP contribution < -0.4 is 5.32 Å². The van der Waals surface area contributed by atoms with Gasteiger partial charge in [0.25, 0.3) is 0 Å². The summed E-state index contributed by atoms with van der Waals surface area (Å²) in [5.74, 6) is 0.0293. The molecule has 1 atom stereocenters. The maximum Gasteiger partial charge on any atom is 0.226 e. The van der Waals surface area contributed by atoms with Gasteiger partial charge in [-0.3, -0.25) is 9.78 Å². The smallest absolute Gasteiger partial charge is 0.226 e. The molecule has 0 saturated carbocycles. The van der Waals surface area contributed by atoms with E-state index in [0.717, 1.165) is 17.7 Å². The molecule has 2 aromatic rings. The molecule has 0 aliphatic heterocycles. The van der Waals surface area contributed by atoms with Gasteiger partial charge >= 0.3 is 0 Å². The third-order valence-corrected chi connectivity index (χ3v) is 3.81. The highest BCUT2D eigenvalue weighted by Crippen LogP contribution is 2.24. The van der Waals surface area contributed by atoms with Crippen LogP contribution >= 0.6 is 0 Å². The van der Waals surface area contributed by atoms with E-state index < -0.39 is 5.41 Å². The molecule has 0 bridgehead atoms. The fourth-order valence-corrected chi connectivity index (χ4v) is 2.44. The van der Waals surface area contributed by atoms with Crippen LogP contribution in [0.3, 0.4) is 0 Å². The summed E-state index contributed by atoms with van der Waals surface area (Å²) in [6.45, 7) is 6.67. The lowest BCUT2D eigenvalue weighted by molar-refractivity contribution is -0.129. The third kappa shape index (κ3) is 4.90. The van der Waals surface area contributed by atoms with E-state index in [1.54, 1.807) is 12.4 Å². The zero-order valence-electron chi connectivity index (χ0n) is 15.2. The third-order valence-electron chi connectivity index (χ3n) is 3.81. The minimum Gasteiger partial charge on any atom is -0.345 e. The number of hydrogen-bond acceptors (Lipinski definition) is 3. The first kappa shape index (κ1) is 18.1. The van der Waals surface area contributed by atoms with Crippen molar-refractivity contribution in [3.63, 3.8) is 0 Å². The summed E-state index contributed by atoms with van der Waals surface area (Å²) >= 11 is 0. The van der Waals surface area contributed by atoms with Crippen LogP contribution in [0.5, 0.6) is 0 Å². The van der Waals surface area contributed by atoms with Crippen molar-refractivity contribution in [2.45, 2.75) is 33.4 Å². The molecule has 1 N–H and O–H groups in total. The lowest BCUT2D eigenvalue weighted by atomic mass is 9.92. The Hall–Kier alpha value is -2.20. The molecule has 1 aromatic carbocycles. The van der Waals surface area contributed by atoms with Gasteiger partial charge in [-0.25, -0.2) is 0 Å². The Balaban J connectivity index is 2.30. The van der Waals surface area contributed by atoms with Crippen LogP contribution in [0.25, 0.3) is 0 Å². The molecule has 0 saturated heterocycles. The maximum absolute atomic E-state index is 12.5. The standard InChI is InChI=1S/C20H27N3O/c1-20(2,3)19(24)22-18(17-10-12-21-13-11-17)16-8-6-15(7-9-16)14-23(4)5/h6-13,18H,14H2,1-5H3,(H,22,24). The van der Waals surface area contributed by atoms with Crippen molar-refractivity contribution in [3.05, 3.63) is 65.5 Å². The van der Waals surface area contributed by atoms with Crippen molar-refractivity contribution in [1.29, 1.82) is 0 Å². The van der Waals surface area contributed by atoms with Gasteiger partial charge in [-0.05, 0) is 42.9 Å². The van der Waals surface area contributed by atoms with E-state index >= 15 is 0 Å². The molecular formula is C20H27N3O. The second-order valence-corrected chi connectivity index (χ2v) is 7.42. The van der Waals surface area contributed by atoms with Crippen LogP contribution in [0.1, 0.15) is 43.5 Å². The molecule has 24 heavy (non-hydrogen) atoms. The van der Waals surface area contributed by atoms with Gasteiger partial charge in [-0.15, -0.1) is 0 Å². The van der Waals surface area contributed by atoms with E-state index in [0.29, 0.717) is 0 Å². The minimum absolute atomic E-state index is 0.0293. The molecule has 0 fully saturated rings. The Morgan fingerprint density at radius 2 is 1.58 bits per heavy atom. The topological polar surface area (TPSA) is 45.2 Å². The van der Waals surface area contributed by atoms with E-state index in [4.69, 9.17) is 0 Å². The molecule has 4 heteroatoms. The Morgan fingerprint density at radius 3 is 2.08 bits per heavy atom. The number of aromatic nitrogens is 1. The zero-order valence-corrected chi connectivity index (χ0v) is 15.2. The van der Waals surface area contributed by atoms with Crippen molar-refractivity contribution in [2.24, 2.45) is 5.41 Å². The fourth-order valence-electron chi connectivity index (χ4n) is 2.44. The number of hydrogen-bond donors (Lipinski definition) is 1. The lowest BCUT2D eigenvalue weighted by Crippen LogP contribution is -2.37. The number of benzene rings is 1. The summed E-state index contributed by atoms with van der Waals surface area (Å²) in [6.07, 6.45) is 3.51. The number of carbonyl (C=O) groups is 1. The number of carbonyl (C=O) groups excluding carboxylic acids is 1. The molecule has 1 amide bonds. The fraction of sp³-hybridized carbons (Fsp3) is 0.400. The number of nitrogens with one attached hydrogen (secondary N) is 1. The summed E-state index contributed by atoms with van der Waals surface area (Å²) in [5.41, 5.74) is 2.92. The summed E-state index contributed by atoms with van der Waals surface area (Å²) in [4.78, 5) is 18.7. The number of rotatable bonds is 5. The average molecular weight is 325 g/mol. The monoisotopic (exact) mass is 325 g/mol. The molecule has 4 nitrogen and oxygen atoms in total. The Labute approximate surface area is 144 Å². The van der Waals surface area contributed by atoms with Crippen LogP contribution in [0.15, 0.2) is 48.8 Å². The molecule has 0 aliphatic rings. The molecule has 0 aliphatic carbocycles. The number of pyridine rings is 1. The van der Waals surface area contributed by atoms with Gasteiger partial charge in [0.05, 0.1) is 6.04 Å². The van der Waals surface area contributed by atoms with E-state index in [2.05, 4.69) is 53.6 Å². The Morgan fingerprint density at radius 1 is 1.04 bits per heavy atom. The van der Waals surface area contributed by atoms with Crippen LogP contribution in [0.4, 0.5) is 0 Å². The van der Waals surface area contributed by atoms with Gasteiger partial charge in [0.15, 0.2) is 0 Å². The maximum atomic E-state index is 12.5. The van der Waals surface area contributed by atoms with Crippen molar-refractivity contribution >= 4 is 5.91 Å². The van der Waals surface area contributed by atoms with Crippen LogP contribution in [0, 0.1) is 5.41 Å². The quantitative estimate of drug-likeness (QED) is 0.916. The van der Waals surface area contributed by atoms with Gasteiger partial charge in [-0.1, -0.05) is 45.0 Å². The summed E-state index contributed by atoms with van der Waals surface area (Å²) in [5, 5.41) is 3.17. The van der Waals surface area contributed by atoms with Crippen LogP contribution in [-0.4, -0.2) is 29.9 Å². The Bertz CT molecular complexity index is 658. The molecule has 128 valence electrons. The number of nitrogens with zero attached hydrogens (tertiary/aromatic N) is 2. The lowest BCUT2D eigenvalue weighted by Gasteiger charge is -2.25. The van der Waals surface area contributed by atoms with Crippen molar-refractivity contribution in [2.75, 3.05) is 14.1 Å². The normalized spacial score (nSPS) is 12.9. The highest BCUT2D eigenvalue weighted by molar-refractivity contribution is 5.82. The van der Waals surface area contributed by atoms with Crippen molar-refractivity contribution in [1.82, 2.24) is 15.2 Å². The van der Waals surface area contributed by atoms with Gasteiger partial charge in [0.1, 0.15) is 0 Å². The molecule has 1 unspecified atom stereocenters. The minimum atomic E-state index is -0.434. The second kappa shape index (κ2) is 7.58. The summed E-state index contributed by atoms with van der Waals surface area (Å²) in [6, 6.07) is 12.1. The first-order valence-corrected chi connectivity index (χ1v) is 8.22. The van der Waals surface area contributed by atoms with Gasteiger partial charge in [0.2, 0.25) is 5.91 Å². The highest BCUT2D eigenvalue weighted by Gasteiger charge is 2.25. The average Bonchev–Trinajstić information content (AvgIpc) is 2.52. The predicted molar refractivity (Wildman–Crippen MR) is 97.5 cm³/mol. The zero-order chi connectivity index (χ0) is 17.7. The molecule has 1 heterocycles. The molecule has 0 spiro atoms. The Kier molecular flexibility index (Phi) is 5.73. The van der Waals surface area contributed by atoms with E-state index in [-0.39, 0.29) is 11.9 Å². The van der Waals surface area contributed by atoms with E-state index in [1.807, 2.05) is 32.9 Å². The van der Waals surface area contributed by atoms with Gasteiger partial charge < -0.3 is 10.2 Å². The molecule has 0 radical (unpaired) electrons. The van der Waals surface area contributed by atoms with E-state index in [1.165, 1.54) is 5.56 Å². The van der Waals surface area contributed by atoms with Gasteiger partial charge in [-0.2, -0.15) is 0 Å². The van der Waals surface area contributed by atoms with E-state index in [9.17, 15) is 4.79 Å². The van der Waals surface area contributed by atoms with Crippen molar-refractivity contribution < 1.29 is 4.79 Å². The first-order chi connectivity index (χ1) is 11.3. The number of amides is 1. The first-order valence-electron chi connectivity index (χ1n) is 8.22. The van der Waals surface area contributed by atoms with Gasteiger partial charge in [0, 0.05) is 24.4 Å². The molecule has 2 rings (SSSR count). The molecular weight excluding hydrogens is 298 g/mol. The largest absolute Gasteiger partial charge is 0.345 e. The molecule has 1 aromatic heterocycles. The summed E-state index contributed by atoms with van der Waals surface area (Å²) < 4.78 is 0.